The highest BCUT2D eigenvalue weighted by atomic mass is 35.5. The molecule has 3 rings (SSSR count). The normalized spacial score (nSPS) is 11.0. The van der Waals surface area contributed by atoms with Crippen molar-refractivity contribution in [2.45, 2.75) is 0 Å². The van der Waals surface area contributed by atoms with E-state index in [9.17, 15) is 5.26 Å². The number of nitrogens with one attached hydrogen (secondary N) is 1. The molecule has 1 heterocycles. The molecular weight excluding hydrogens is 356 g/mol. The summed E-state index contributed by atoms with van der Waals surface area (Å²) in [6.45, 7) is 0. The Labute approximate surface area is 154 Å². The fourth-order valence-corrected chi connectivity index (χ4v) is 3.07. The van der Waals surface area contributed by atoms with Gasteiger partial charge in [0.15, 0.2) is 10.7 Å². The number of hydrogen-bond acceptors (Lipinski definition) is 6. The lowest BCUT2D eigenvalue weighted by molar-refractivity contribution is 0.416. The summed E-state index contributed by atoms with van der Waals surface area (Å²) in [7, 11) is 1.55. The lowest BCUT2D eigenvalue weighted by Gasteiger charge is -2.07. The van der Waals surface area contributed by atoms with E-state index in [0.717, 1.165) is 11.3 Å². The van der Waals surface area contributed by atoms with Gasteiger partial charge in [0.25, 0.3) is 0 Å². The predicted molar refractivity (Wildman–Crippen MR) is 101 cm³/mol. The lowest BCUT2D eigenvalue weighted by Crippen LogP contribution is -2.02. The number of benzene rings is 2. The summed E-state index contributed by atoms with van der Waals surface area (Å²) in [5.74, 6) is 0.578. The van der Waals surface area contributed by atoms with Crippen molar-refractivity contribution in [1.82, 2.24) is 4.98 Å². The third kappa shape index (κ3) is 3.97. The quantitative estimate of drug-likeness (QED) is 0.518. The van der Waals surface area contributed by atoms with E-state index in [2.05, 4.69) is 21.6 Å². The maximum atomic E-state index is 9.41. The van der Waals surface area contributed by atoms with Crippen LogP contribution in [0.3, 0.4) is 0 Å². The highest BCUT2D eigenvalue weighted by Crippen LogP contribution is 2.28. The molecule has 0 amide bonds. The van der Waals surface area contributed by atoms with Crippen LogP contribution in [0, 0.1) is 11.3 Å². The van der Waals surface area contributed by atoms with Crippen molar-refractivity contribution >= 4 is 34.3 Å². The van der Waals surface area contributed by atoms with E-state index in [-0.39, 0.29) is 5.71 Å². The first kappa shape index (κ1) is 17.0. The van der Waals surface area contributed by atoms with Crippen LogP contribution in [0.5, 0.6) is 5.75 Å². The van der Waals surface area contributed by atoms with Crippen LogP contribution in [0.1, 0.15) is 5.01 Å². The minimum atomic E-state index is 0.189. The molecule has 25 heavy (non-hydrogen) atoms. The fraction of sp³-hybridized carbons (Fsp3) is 0.0556. The highest BCUT2D eigenvalue weighted by molar-refractivity contribution is 7.12. The van der Waals surface area contributed by atoms with Gasteiger partial charge in [0, 0.05) is 16.0 Å². The van der Waals surface area contributed by atoms with Crippen LogP contribution in [-0.2, 0) is 0 Å². The molecule has 0 aliphatic rings. The number of anilines is 1. The average molecular weight is 369 g/mol. The van der Waals surface area contributed by atoms with Crippen molar-refractivity contribution in [2.75, 3.05) is 12.5 Å². The van der Waals surface area contributed by atoms with Gasteiger partial charge >= 0.3 is 0 Å². The van der Waals surface area contributed by atoms with Crippen LogP contribution in [0.4, 0.5) is 5.69 Å². The molecule has 2 aromatic carbocycles. The Hall–Kier alpha value is -2.88. The Balaban J connectivity index is 1.86. The van der Waals surface area contributed by atoms with Crippen LogP contribution >= 0.6 is 22.9 Å². The smallest absolute Gasteiger partial charge is 0.196 e. The number of hydrazone groups is 1. The van der Waals surface area contributed by atoms with Crippen molar-refractivity contribution in [3.63, 3.8) is 0 Å². The van der Waals surface area contributed by atoms with Crippen LogP contribution in [0.2, 0.25) is 5.02 Å². The number of ether oxygens (including phenoxy) is 1. The summed E-state index contributed by atoms with van der Waals surface area (Å²) in [6.07, 6.45) is 0. The number of hydrogen-bond donors (Lipinski definition) is 1. The van der Waals surface area contributed by atoms with E-state index < -0.39 is 0 Å². The van der Waals surface area contributed by atoms with Gasteiger partial charge in [-0.25, -0.2) is 4.98 Å². The molecule has 0 aliphatic carbocycles. The number of methoxy groups -OCH3 is 1. The molecule has 0 atom stereocenters. The van der Waals surface area contributed by atoms with E-state index in [1.165, 1.54) is 11.3 Å². The van der Waals surface area contributed by atoms with Gasteiger partial charge in [0.1, 0.15) is 11.8 Å². The molecule has 0 aliphatic heterocycles. The summed E-state index contributed by atoms with van der Waals surface area (Å²) in [6, 6.07) is 17.0. The molecule has 124 valence electrons. The van der Waals surface area contributed by atoms with Gasteiger partial charge in [0.05, 0.1) is 18.5 Å². The third-order valence-corrected chi connectivity index (χ3v) is 4.42. The summed E-state index contributed by atoms with van der Waals surface area (Å²) < 4.78 is 5.25. The maximum Gasteiger partial charge on any atom is 0.196 e. The Morgan fingerprint density at radius 3 is 2.80 bits per heavy atom. The molecule has 0 fully saturated rings. The zero-order chi connectivity index (χ0) is 17.6. The summed E-state index contributed by atoms with van der Waals surface area (Å²) >= 11 is 7.36. The molecule has 0 saturated carbocycles. The number of rotatable bonds is 5. The van der Waals surface area contributed by atoms with Gasteiger partial charge in [-0.15, -0.1) is 11.3 Å². The van der Waals surface area contributed by atoms with Gasteiger partial charge in [-0.1, -0.05) is 41.9 Å². The van der Waals surface area contributed by atoms with Gasteiger partial charge in [-0.3, -0.25) is 5.43 Å². The molecule has 5 nitrogen and oxygen atoms in total. The van der Waals surface area contributed by atoms with E-state index >= 15 is 0 Å². The number of thiazole rings is 1. The number of aromatic nitrogens is 1. The van der Waals surface area contributed by atoms with Crippen LogP contribution in [0.25, 0.3) is 11.3 Å². The van der Waals surface area contributed by atoms with E-state index in [1.54, 1.807) is 25.3 Å². The third-order valence-electron chi connectivity index (χ3n) is 3.33. The van der Waals surface area contributed by atoms with Gasteiger partial charge < -0.3 is 4.74 Å². The Bertz CT molecular complexity index is 947. The van der Waals surface area contributed by atoms with Crippen LogP contribution in [0.15, 0.2) is 59.0 Å². The van der Waals surface area contributed by atoms with Crippen molar-refractivity contribution in [1.29, 1.82) is 5.26 Å². The second kappa shape index (κ2) is 7.79. The van der Waals surface area contributed by atoms with E-state index in [4.69, 9.17) is 16.3 Å². The predicted octanol–water partition coefficient (Wildman–Crippen LogP) is 4.81. The standard InChI is InChI=1S/C18H13ClN4OS/c1-24-17-8-7-13(19)9-14(17)22-23-15(10-20)18-21-16(11-25-18)12-5-3-2-4-6-12/h2-9,11,22H,1H3/b23-15-. The van der Waals surface area contributed by atoms with Gasteiger partial charge in [-0.2, -0.15) is 10.4 Å². The molecule has 0 bridgehead atoms. The largest absolute Gasteiger partial charge is 0.495 e. The first-order chi connectivity index (χ1) is 12.2. The van der Waals surface area contributed by atoms with E-state index in [0.29, 0.717) is 21.5 Å². The molecule has 0 radical (unpaired) electrons. The SMILES string of the molecule is COc1ccc(Cl)cc1N/N=C(/C#N)c1nc(-c2ccccc2)cs1. The second-order valence-corrected chi connectivity index (χ2v) is 6.23. The average Bonchev–Trinajstić information content (AvgIpc) is 3.13. The van der Waals surface area contributed by atoms with Crippen molar-refractivity contribution in [2.24, 2.45) is 5.10 Å². The summed E-state index contributed by atoms with van der Waals surface area (Å²) in [5.41, 5.74) is 5.39. The number of halogens is 1. The lowest BCUT2D eigenvalue weighted by atomic mass is 10.2. The Morgan fingerprint density at radius 1 is 1.28 bits per heavy atom. The van der Waals surface area contributed by atoms with Gasteiger partial charge in [-0.05, 0) is 18.2 Å². The molecule has 1 N–H and O–H groups in total. The zero-order valence-corrected chi connectivity index (χ0v) is 14.8. The van der Waals surface area contributed by atoms with Crippen molar-refractivity contribution in [3.8, 4) is 23.1 Å². The van der Waals surface area contributed by atoms with Crippen LogP contribution in [-0.4, -0.2) is 17.8 Å². The van der Waals surface area contributed by atoms with E-state index in [1.807, 2.05) is 35.7 Å². The molecule has 0 unspecified atom stereocenters. The minimum Gasteiger partial charge on any atom is -0.495 e. The minimum absolute atomic E-state index is 0.189. The topological polar surface area (TPSA) is 70.3 Å². The molecule has 3 aromatic rings. The van der Waals surface area contributed by atoms with Crippen molar-refractivity contribution in [3.05, 3.63) is 63.9 Å². The molecular formula is C18H13ClN4OS. The number of nitriles is 1. The second-order valence-electron chi connectivity index (χ2n) is 4.93. The molecule has 0 saturated heterocycles. The Kier molecular flexibility index (Phi) is 5.29. The first-order valence-corrected chi connectivity index (χ1v) is 8.55. The summed E-state index contributed by atoms with van der Waals surface area (Å²) in [5, 5.41) is 16.5. The molecule has 0 spiro atoms. The van der Waals surface area contributed by atoms with Crippen LogP contribution < -0.4 is 10.2 Å². The maximum absolute atomic E-state index is 9.41. The zero-order valence-electron chi connectivity index (χ0n) is 13.2. The Morgan fingerprint density at radius 2 is 2.08 bits per heavy atom. The fourth-order valence-electron chi connectivity index (χ4n) is 2.13. The first-order valence-electron chi connectivity index (χ1n) is 7.30. The van der Waals surface area contributed by atoms with Gasteiger partial charge in [0.2, 0.25) is 0 Å². The highest BCUT2D eigenvalue weighted by Gasteiger charge is 2.11. The number of nitrogens with zero attached hydrogens (tertiary/aromatic N) is 3. The monoisotopic (exact) mass is 368 g/mol. The molecule has 1 aromatic heterocycles. The summed E-state index contributed by atoms with van der Waals surface area (Å²) in [4.78, 5) is 4.49. The van der Waals surface area contributed by atoms with Crippen molar-refractivity contribution < 1.29 is 4.74 Å². The molecule has 7 heteroatoms.